The van der Waals surface area contributed by atoms with Crippen molar-refractivity contribution < 1.29 is 9.32 Å². The minimum atomic E-state index is -0.0822. The van der Waals surface area contributed by atoms with Gasteiger partial charge in [-0.1, -0.05) is 51.4 Å². The summed E-state index contributed by atoms with van der Waals surface area (Å²) in [6, 6.07) is 15.3. The van der Waals surface area contributed by atoms with Gasteiger partial charge in [0.15, 0.2) is 5.58 Å². The Morgan fingerprint density at radius 2 is 1.95 bits per heavy atom. The third kappa shape index (κ3) is 3.04. The number of para-hydroxylation sites is 1. The van der Waals surface area contributed by atoms with Gasteiger partial charge in [0.05, 0.1) is 12.5 Å². The monoisotopic (exact) mass is 358 g/mol. The van der Waals surface area contributed by atoms with Gasteiger partial charge < -0.3 is 9.84 Å². The molecule has 1 aromatic heterocycles. The summed E-state index contributed by atoms with van der Waals surface area (Å²) in [5, 5.41) is 7.86. The number of benzene rings is 2. The Bertz CT molecular complexity index is 813. The van der Waals surface area contributed by atoms with Gasteiger partial charge in [-0.2, -0.15) is 0 Å². The highest BCUT2D eigenvalue weighted by atomic mass is 79.9. The molecular formula is C17H15BrN2O2. The second-order valence-electron chi connectivity index (χ2n) is 5.11. The summed E-state index contributed by atoms with van der Waals surface area (Å²) in [5.41, 5.74) is 2.40. The third-order valence-electron chi connectivity index (χ3n) is 3.53. The van der Waals surface area contributed by atoms with Gasteiger partial charge in [0.25, 0.3) is 0 Å². The first kappa shape index (κ1) is 14.8. The van der Waals surface area contributed by atoms with Crippen molar-refractivity contribution >= 4 is 32.8 Å². The topological polar surface area (TPSA) is 55.1 Å². The molecule has 1 atom stereocenters. The first-order chi connectivity index (χ1) is 10.6. The van der Waals surface area contributed by atoms with E-state index in [9.17, 15) is 4.79 Å². The normalized spacial score (nSPS) is 12.3. The van der Waals surface area contributed by atoms with E-state index in [1.165, 1.54) is 0 Å². The first-order valence-corrected chi connectivity index (χ1v) is 7.81. The van der Waals surface area contributed by atoms with Gasteiger partial charge in [0.2, 0.25) is 5.91 Å². The van der Waals surface area contributed by atoms with Crippen LogP contribution in [0.15, 0.2) is 57.5 Å². The summed E-state index contributed by atoms with van der Waals surface area (Å²) >= 11 is 3.50. The zero-order valence-electron chi connectivity index (χ0n) is 12.0. The summed E-state index contributed by atoms with van der Waals surface area (Å²) in [5.74, 6) is -0.0812. The summed E-state index contributed by atoms with van der Waals surface area (Å²) < 4.78 is 6.20. The van der Waals surface area contributed by atoms with E-state index >= 15 is 0 Å². The Balaban J connectivity index is 1.71. The number of carbonyl (C=O) groups is 1. The van der Waals surface area contributed by atoms with Crippen LogP contribution in [0.4, 0.5) is 0 Å². The van der Waals surface area contributed by atoms with Crippen molar-refractivity contribution in [3.63, 3.8) is 0 Å². The smallest absolute Gasteiger partial charge is 0.226 e. The van der Waals surface area contributed by atoms with E-state index < -0.39 is 0 Å². The molecule has 0 spiro atoms. The van der Waals surface area contributed by atoms with Gasteiger partial charge in [-0.05, 0) is 30.7 Å². The van der Waals surface area contributed by atoms with Crippen molar-refractivity contribution in [2.45, 2.75) is 19.4 Å². The zero-order chi connectivity index (χ0) is 15.5. The number of aromatic nitrogens is 1. The lowest BCUT2D eigenvalue weighted by Gasteiger charge is -2.15. The van der Waals surface area contributed by atoms with E-state index in [0.29, 0.717) is 11.3 Å². The van der Waals surface area contributed by atoms with Gasteiger partial charge >= 0.3 is 0 Å². The average molecular weight is 359 g/mol. The Labute approximate surface area is 136 Å². The predicted molar refractivity (Wildman–Crippen MR) is 88.4 cm³/mol. The summed E-state index contributed by atoms with van der Waals surface area (Å²) in [7, 11) is 0. The molecule has 3 rings (SSSR count). The van der Waals surface area contributed by atoms with Gasteiger partial charge in [-0.3, -0.25) is 4.79 Å². The van der Waals surface area contributed by atoms with Gasteiger partial charge in [0.1, 0.15) is 5.69 Å². The quantitative estimate of drug-likeness (QED) is 0.766. The summed E-state index contributed by atoms with van der Waals surface area (Å²) in [6.07, 6.45) is 0.200. The number of rotatable bonds is 4. The Hall–Kier alpha value is -2.14. The lowest BCUT2D eigenvalue weighted by Crippen LogP contribution is -2.28. The predicted octanol–water partition coefficient (Wildman–Crippen LogP) is 4.01. The highest BCUT2D eigenvalue weighted by Crippen LogP contribution is 2.23. The van der Waals surface area contributed by atoms with Gasteiger partial charge in [0, 0.05) is 9.86 Å². The fourth-order valence-corrected chi connectivity index (χ4v) is 3.04. The van der Waals surface area contributed by atoms with Crippen LogP contribution in [0.5, 0.6) is 0 Å². The molecule has 112 valence electrons. The fraction of sp³-hybridized carbons (Fsp3) is 0.176. The second kappa shape index (κ2) is 6.32. The highest BCUT2D eigenvalue weighted by molar-refractivity contribution is 9.10. The van der Waals surface area contributed by atoms with Crippen molar-refractivity contribution in [1.82, 2.24) is 10.5 Å². The summed E-state index contributed by atoms with van der Waals surface area (Å²) in [6.45, 7) is 1.96. The minimum absolute atomic E-state index is 0.0812. The number of hydrogen-bond donors (Lipinski definition) is 1. The lowest BCUT2D eigenvalue weighted by atomic mass is 10.1. The number of carbonyl (C=O) groups excluding carboxylic acids is 1. The maximum Gasteiger partial charge on any atom is 0.226 e. The van der Waals surface area contributed by atoms with Crippen LogP contribution in [-0.2, 0) is 11.2 Å². The Morgan fingerprint density at radius 3 is 2.77 bits per heavy atom. The van der Waals surface area contributed by atoms with Crippen LogP contribution in [0.3, 0.4) is 0 Å². The van der Waals surface area contributed by atoms with Crippen molar-refractivity contribution in [3.05, 3.63) is 64.3 Å². The van der Waals surface area contributed by atoms with E-state index in [4.69, 9.17) is 4.52 Å². The first-order valence-electron chi connectivity index (χ1n) is 7.02. The van der Waals surface area contributed by atoms with Crippen molar-refractivity contribution in [2.24, 2.45) is 0 Å². The van der Waals surface area contributed by atoms with E-state index in [-0.39, 0.29) is 18.4 Å². The summed E-state index contributed by atoms with van der Waals surface area (Å²) in [4.78, 5) is 12.2. The maximum atomic E-state index is 12.2. The number of halogens is 1. The standard InChI is InChI=1S/C17H15BrN2O2/c1-11(12-6-2-4-8-14(12)18)19-17(21)10-15-13-7-3-5-9-16(13)22-20-15/h2-9,11H,10H2,1H3,(H,19,21)/t11-/m1/s1. The van der Waals surface area contributed by atoms with Crippen LogP contribution >= 0.6 is 15.9 Å². The molecule has 0 saturated heterocycles. The van der Waals surface area contributed by atoms with E-state index in [2.05, 4.69) is 26.4 Å². The SMILES string of the molecule is C[C@@H](NC(=O)Cc1noc2ccccc12)c1ccccc1Br. The number of hydrogen-bond acceptors (Lipinski definition) is 3. The van der Waals surface area contributed by atoms with E-state index in [0.717, 1.165) is 15.4 Å². The van der Waals surface area contributed by atoms with E-state index in [1.54, 1.807) is 0 Å². The number of nitrogens with one attached hydrogen (secondary N) is 1. The largest absolute Gasteiger partial charge is 0.356 e. The van der Waals surface area contributed by atoms with Crippen molar-refractivity contribution in [3.8, 4) is 0 Å². The van der Waals surface area contributed by atoms with Crippen LogP contribution in [0.1, 0.15) is 24.2 Å². The molecule has 2 aromatic carbocycles. The molecule has 1 heterocycles. The number of nitrogens with zero attached hydrogens (tertiary/aromatic N) is 1. The second-order valence-corrected chi connectivity index (χ2v) is 5.97. The minimum Gasteiger partial charge on any atom is -0.356 e. The van der Waals surface area contributed by atoms with Crippen molar-refractivity contribution in [2.75, 3.05) is 0 Å². The molecular weight excluding hydrogens is 344 g/mol. The third-order valence-corrected chi connectivity index (χ3v) is 4.25. The molecule has 4 nitrogen and oxygen atoms in total. The molecule has 0 unspecified atom stereocenters. The van der Waals surface area contributed by atoms with Gasteiger partial charge in [-0.25, -0.2) is 0 Å². The van der Waals surface area contributed by atoms with Crippen molar-refractivity contribution in [1.29, 1.82) is 0 Å². The number of amides is 1. The van der Waals surface area contributed by atoms with Crippen LogP contribution < -0.4 is 5.32 Å². The maximum absolute atomic E-state index is 12.2. The Morgan fingerprint density at radius 1 is 1.23 bits per heavy atom. The van der Waals surface area contributed by atoms with Gasteiger partial charge in [-0.15, -0.1) is 0 Å². The zero-order valence-corrected chi connectivity index (χ0v) is 13.6. The average Bonchev–Trinajstić information content (AvgIpc) is 2.91. The van der Waals surface area contributed by atoms with E-state index in [1.807, 2.05) is 55.5 Å². The molecule has 1 N–H and O–H groups in total. The molecule has 0 bridgehead atoms. The molecule has 0 fully saturated rings. The Kier molecular flexibility index (Phi) is 4.24. The molecule has 0 radical (unpaired) electrons. The molecule has 0 saturated carbocycles. The lowest BCUT2D eigenvalue weighted by molar-refractivity contribution is -0.121. The molecule has 1 amide bonds. The number of fused-ring (bicyclic) bond motifs is 1. The molecule has 0 aliphatic heterocycles. The van der Waals surface area contributed by atoms with Crippen LogP contribution in [0.25, 0.3) is 11.0 Å². The molecule has 22 heavy (non-hydrogen) atoms. The van der Waals surface area contributed by atoms with Crippen LogP contribution in [-0.4, -0.2) is 11.1 Å². The molecule has 0 aliphatic rings. The molecule has 0 aliphatic carbocycles. The van der Waals surface area contributed by atoms with Crippen LogP contribution in [0.2, 0.25) is 0 Å². The molecule has 5 heteroatoms. The molecule has 3 aromatic rings. The fourth-order valence-electron chi connectivity index (χ4n) is 2.41. The highest BCUT2D eigenvalue weighted by Gasteiger charge is 2.15. The van der Waals surface area contributed by atoms with Crippen LogP contribution in [0, 0.1) is 0 Å².